The minimum atomic E-state index is -0.976. The van der Waals surface area contributed by atoms with Crippen molar-refractivity contribution in [3.8, 4) is 6.07 Å². The highest BCUT2D eigenvalue weighted by atomic mass is 35.5. The highest BCUT2D eigenvalue weighted by Crippen LogP contribution is 2.30. The van der Waals surface area contributed by atoms with Gasteiger partial charge in [0.15, 0.2) is 5.54 Å². The molecular formula is C19H26ClN3O3. The van der Waals surface area contributed by atoms with Crippen LogP contribution < -0.4 is 0 Å². The SMILES string of the molecule is CCON(C(=O)Cc1c(C)cc(Cl)cc1C)C1(C#N)CCN(OC)CC1. The van der Waals surface area contributed by atoms with Crippen molar-refractivity contribution in [1.82, 2.24) is 10.1 Å². The van der Waals surface area contributed by atoms with Gasteiger partial charge in [0.2, 0.25) is 0 Å². The number of carbonyl (C=O) groups is 1. The number of halogens is 1. The van der Waals surface area contributed by atoms with Crippen molar-refractivity contribution in [3.05, 3.63) is 33.8 Å². The summed E-state index contributed by atoms with van der Waals surface area (Å²) in [6, 6.07) is 6.02. The van der Waals surface area contributed by atoms with Crippen molar-refractivity contribution in [2.75, 3.05) is 26.8 Å². The molecule has 1 aromatic carbocycles. The third kappa shape index (κ3) is 4.36. The molecule has 1 amide bonds. The summed E-state index contributed by atoms with van der Waals surface area (Å²) in [6.07, 6.45) is 1.12. The van der Waals surface area contributed by atoms with Gasteiger partial charge < -0.3 is 4.84 Å². The number of carbonyl (C=O) groups excluding carboxylic acids is 1. The van der Waals surface area contributed by atoms with Gasteiger partial charge in [0.05, 0.1) is 26.2 Å². The van der Waals surface area contributed by atoms with Crippen LogP contribution in [0.1, 0.15) is 36.5 Å². The molecule has 7 heteroatoms. The smallest absolute Gasteiger partial charge is 0.252 e. The molecule has 0 saturated carbocycles. The van der Waals surface area contributed by atoms with Crippen molar-refractivity contribution in [3.63, 3.8) is 0 Å². The Hall–Kier alpha value is -1.65. The van der Waals surface area contributed by atoms with Crippen LogP contribution in [0.2, 0.25) is 5.02 Å². The topological polar surface area (TPSA) is 65.8 Å². The molecule has 0 aliphatic carbocycles. The largest absolute Gasteiger partial charge is 0.302 e. The number of nitriles is 1. The first kappa shape index (κ1) is 20.7. The molecule has 0 aromatic heterocycles. The van der Waals surface area contributed by atoms with Gasteiger partial charge in [0.1, 0.15) is 0 Å². The van der Waals surface area contributed by atoms with E-state index in [9.17, 15) is 10.1 Å². The number of aryl methyl sites for hydroxylation is 2. The molecule has 1 aromatic rings. The molecular weight excluding hydrogens is 354 g/mol. The van der Waals surface area contributed by atoms with E-state index in [1.165, 1.54) is 5.06 Å². The Morgan fingerprint density at radius 3 is 2.38 bits per heavy atom. The molecule has 2 rings (SSSR count). The molecule has 1 fully saturated rings. The van der Waals surface area contributed by atoms with E-state index in [2.05, 4.69) is 6.07 Å². The van der Waals surface area contributed by atoms with E-state index >= 15 is 0 Å². The monoisotopic (exact) mass is 379 g/mol. The van der Waals surface area contributed by atoms with Crippen molar-refractivity contribution >= 4 is 17.5 Å². The van der Waals surface area contributed by atoms with Gasteiger partial charge in [-0.1, -0.05) is 11.6 Å². The van der Waals surface area contributed by atoms with Gasteiger partial charge in [-0.25, -0.2) is 5.06 Å². The van der Waals surface area contributed by atoms with E-state index in [4.69, 9.17) is 21.3 Å². The van der Waals surface area contributed by atoms with E-state index in [-0.39, 0.29) is 12.3 Å². The van der Waals surface area contributed by atoms with Crippen LogP contribution in [0.3, 0.4) is 0 Å². The summed E-state index contributed by atoms with van der Waals surface area (Å²) >= 11 is 6.09. The first-order valence-electron chi connectivity index (χ1n) is 8.78. The molecule has 1 aliphatic rings. The Bertz CT molecular complexity index is 671. The molecule has 0 bridgehead atoms. The molecule has 0 unspecified atom stereocenters. The second-order valence-corrected chi connectivity index (χ2v) is 6.99. The van der Waals surface area contributed by atoms with Gasteiger partial charge in [-0.15, -0.1) is 0 Å². The van der Waals surface area contributed by atoms with Crippen LogP contribution in [0.15, 0.2) is 12.1 Å². The van der Waals surface area contributed by atoms with Gasteiger partial charge in [-0.3, -0.25) is 9.63 Å². The molecule has 0 spiro atoms. The number of hydrogen-bond acceptors (Lipinski definition) is 5. The van der Waals surface area contributed by atoms with Crippen LogP contribution in [-0.2, 0) is 20.9 Å². The lowest BCUT2D eigenvalue weighted by Crippen LogP contribution is -2.56. The summed E-state index contributed by atoms with van der Waals surface area (Å²) in [7, 11) is 1.61. The lowest BCUT2D eigenvalue weighted by molar-refractivity contribution is -0.230. The molecule has 1 aliphatic heterocycles. The number of amides is 1. The van der Waals surface area contributed by atoms with Crippen molar-refractivity contribution in [2.45, 2.75) is 45.6 Å². The van der Waals surface area contributed by atoms with Crippen LogP contribution in [0.5, 0.6) is 0 Å². The molecule has 1 heterocycles. The average Bonchev–Trinajstić information content (AvgIpc) is 2.62. The van der Waals surface area contributed by atoms with Gasteiger partial charge in [0.25, 0.3) is 5.91 Å². The van der Waals surface area contributed by atoms with Gasteiger partial charge in [-0.2, -0.15) is 10.3 Å². The maximum atomic E-state index is 13.1. The van der Waals surface area contributed by atoms with E-state index in [1.807, 2.05) is 32.9 Å². The zero-order chi connectivity index (χ0) is 19.3. The van der Waals surface area contributed by atoms with Crippen LogP contribution in [0, 0.1) is 25.2 Å². The van der Waals surface area contributed by atoms with Crippen molar-refractivity contribution in [2.24, 2.45) is 0 Å². The predicted molar refractivity (Wildman–Crippen MR) is 99.3 cm³/mol. The molecule has 142 valence electrons. The standard InChI is InChI=1S/C19H26ClN3O3/c1-5-26-23(19(13-21)6-8-22(25-4)9-7-19)18(24)12-17-14(2)10-16(20)11-15(17)3/h10-11H,5-9,12H2,1-4H3. The first-order valence-corrected chi connectivity index (χ1v) is 9.16. The van der Waals surface area contributed by atoms with E-state index in [1.54, 1.807) is 12.2 Å². The van der Waals surface area contributed by atoms with Gasteiger partial charge in [-0.05, 0) is 49.6 Å². The maximum Gasteiger partial charge on any atom is 0.252 e. The Labute approximate surface area is 160 Å². The van der Waals surface area contributed by atoms with Crippen LogP contribution >= 0.6 is 11.6 Å². The van der Waals surface area contributed by atoms with Crippen LogP contribution in [0.4, 0.5) is 0 Å². The highest BCUT2D eigenvalue weighted by Gasteiger charge is 2.44. The van der Waals surface area contributed by atoms with Crippen molar-refractivity contribution in [1.29, 1.82) is 5.26 Å². The molecule has 0 atom stereocenters. The van der Waals surface area contributed by atoms with Crippen molar-refractivity contribution < 1.29 is 14.5 Å². The van der Waals surface area contributed by atoms with E-state index < -0.39 is 5.54 Å². The number of benzene rings is 1. The van der Waals surface area contributed by atoms with Gasteiger partial charge in [0, 0.05) is 31.0 Å². The number of hydroxylamine groups is 4. The lowest BCUT2D eigenvalue weighted by Gasteiger charge is -2.42. The van der Waals surface area contributed by atoms with E-state index in [0.29, 0.717) is 37.6 Å². The molecule has 0 radical (unpaired) electrons. The molecule has 0 N–H and O–H groups in total. The molecule has 26 heavy (non-hydrogen) atoms. The summed E-state index contributed by atoms with van der Waals surface area (Å²) in [6.45, 7) is 7.14. The second-order valence-electron chi connectivity index (χ2n) is 6.56. The Balaban J connectivity index is 2.26. The summed E-state index contributed by atoms with van der Waals surface area (Å²) in [5.41, 5.74) is 1.86. The highest BCUT2D eigenvalue weighted by molar-refractivity contribution is 6.30. The Morgan fingerprint density at radius 1 is 1.35 bits per heavy atom. The minimum Gasteiger partial charge on any atom is -0.302 e. The summed E-state index contributed by atoms with van der Waals surface area (Å²) in [4.78, 5) is 24.0. The normalized spacial score (nSPS) is 16.9. The fraction of sp³-hybridized carbons (Fsp3) is 0.579. The number of piperidine rings is 1. The predicted octanol–water partition coefficient (Wildman–Crippen LogP) is 3.20. The fourth-order valence-corrected chi connectivity index (χ4v) is 3.73. The summed E-state index contributed by atoms with van der Waals surface area (Å²) in [5.74, 6) is -0.215. The lowest BCUT2D eigenvalue weighted by atomic mass is 9.88. The van der Waals surface area contributed by atoms with E-state index in [0.717, 1.165) is 16.7 Å². The Morgan fingerprint density at radius 2 is 1.92 bits per heavy atom. The fourth-order valence-electron chi connectivity index (χ4n) is 3.40. The summed E-state index contributed by atoms with van der Waals surface area (Å²) in [5, 5.41) is 13.6. The maximum absolute atomic E-state index is 13.1. The number of nitrogens with zero attached hydrogens (tertiary/aromatic N) is 3. The second kappa shape index (κ2) is 8.83. The van der Waals surface area contributed by atoms with Crippen LogP contribution in [-0.4, -0.2) is 48.4 Å². The molecule has 6 nitrogen and oxygen atoms in total. The third-order valence-corrected chi connectivity index (χ3v) is 5.10. The summed E-state index contributed by atoms with van der Waals surface area (Å²) < 4.78 is 0. The third-order valence-electron chi connectivity index (χ3n) is 4.88. The van der Waals surface area contributed by atoms with Crippen LogP contribution in [0.25, 0.3) is 0 Å². The zero-order valence-corrected chi connectivity index (χ0v) is 16.6. The minimum absolute atomic E-state index is 0.173. The number of rotatable bonds is 6. The van der Waals surface area contributed by atoms with Gasteiger partial charge >= 0.3 is 0 Å². The number of hydrogen-bond donors (Lipinski definition) is 0. The zero-order valence-electron chi connectivity index (χ0n) is 15.8. The Kier molecular flexibility index (Phi) is 7.01. The quantitative estimate of drug-likeness (QED) is 0.710. The first-order chi connectivity index (χ1) is 12.4. The molecule has 1 saturated heterocycles. The average molecular weight is 380 g/mol.